The van der Waals surface area contributed by atoms with Crippen molar-refractivity contribution < 1.29 is 24.2 Å². The number of nitrogens with one attached hydrogen (secondary N) is 2. The third-order valence-electron chi connectivity index (χ3n) is 6.27. The van der Waals surface area contributed by atoms with Crippen LogP contribution in [0.4, 0.5) is 17.1 Å². The van der Waals surface area contributed by atoms with Crippen LogP contribution in [-0.4, -0.2) is 44.7 Å². The van der Waals surface area contributed by atoms with Gasteiger partial charge in [-0.1, -0.05) is 31.7 Å². The van der Waals surface area contributed by atoms with E-state index in [9.17, 15) is 29.1 Å². The summed E-state index contributed by atoms with van der Waals surface area (Å²) in [4.78, 5) is 61.8. The molecule has 14 heteroatoms. The molecule has 0 aliphatic carbocycles. The van der Waals surface area contributed by atoms with Gasteiger partial charge in [-0.15, -0.1) is 0 Å². The first-order valence-corrected chi connectivity index (χ1v) is 12.7. The second-order valence-electron chi connectivity index (χ2n) is 9.29. The van der Waals surface area contributed by atoms with E-state index in [1.54, 1.807) is 36.4 Å². The normalized spacial score (nSPS) is 11.1. The lowest BCUT2D eigenvalue weighted by molar-refractivity contribution is 0.0599. The number of ether oxygens (including phenoxy) is 1. The highest BCUT2D eigenvalue weighted by molar-refractivity contribution is 5.96. The molecule has 44 heavy (non-hydrogen) atoms. The molecule has 3 aromatic carbocycles. The number of carboxylic acid groups (broad SMARTS) is 1. The standard InChI is InChI=1S/C19H14N6O5.C10H13NO2.CH4/c20-14-15(17(27)16(14)26)23-10-3-1-2-9(6-10)8-21-18(28)11-7-12(19(29)30)25-13(24-11)4-5-22-25;1-7(11)8-3-5-9(6-4-8)10(12)13-2;/h1-7,23H,8,20H2,(H,21,28)(H,29,30);3-7H,11H2,1-2H3;1H4/t;7-;/m.1./s1. The third kappa shape index (κ3) is 7.11. The molecule has 228 valence electrons. The van der Waals surface area contributed by atoms with Crippen LogP contribution < -0.4 is 33.0 Å². The minimum Gasteiger partial charge on any atom is -0.477 e. The minimum absolute atomic E-state index is 0. The van der Waals surface area contributed by atoms with Gasteiger partial charge in [-0.05, 0) is 42.3 Å². The summed E-state index contributed by atoms with van der Waals surface area (Å²) >= 11 is 0. The second kappa shape index (κ2) is 13.8. The predicted octanol–water partition coefficient (Wildman–Crippen LogP) is 2.41. The Morgan fingerprint density at radius 3 is 2.36 bits per heavy atom. The van der Waals surface area contributed by atoms with Gasteiger partial charge in [0, 0.05) is 30.4 Å². The Kier molecular flexibility index (Phi) is 10.3. The number of esters is 1. The number of fused-ring (bicyclic) bond motifs is 1. The van der Waals surface area contributed by atoms with Crippen molar-refractivity contribution in [3.63, 3.8) is 0 Å². The van der Waals surface area contributed by atoms with Gasteiger partial charge in [0.2, 0.25) is 0 Å². The molecule has 0 saturated carbocycles. The van der Waals surface area contributed by atoms with Gasteiger partial charge in [-0.3, -0.25) is 14.4 Å². The molecule has 0 aliphatic rings. The van der Waals surface area contributed by atoms with Crippen LogP contribution in [0.15, 0.2) is 76.4 Å². The van der Waals surface area contributed by atoms with Crippen molar-refractivity contribution in [1.82, 2.24) is 19.9 Å². The molecule has 0 saturated heterocycles. The van der Waals surface area contributed by atoms with Gasteiger partial charge >= 0.3 is 11.9 Å². The Hall–Kier alpha value is -5.89. The number of rotatable bonds is 8. The Bertz CT molecular complexity index is 1890. The Labute approximate surface area is 251 Å². The molecule has 2 aromatic heterocycles. The van der Waals surface area contributed by atoms with Crippen LogP contribution in [0.2, 0.25) is 0 Å². The van der Waals surface area contributed by atoms with Crippen molar-refractivity contribution in [2.24, 2.45) is 5.73 Å². The van der Waals surface area contributed by atoms with Crippen molar-refractivity contribution in [2.75, 3.05) is 18.2 Å². The number of carbonyl (C=O) groups is 3. The van der Waals surface area contributed by atoms with E-state index >= 15 is 0 Å². The number of aromatic nitrogens is 3. The summed E-state index contributed by atoms with van der Waals surface area (Å²) in [6, 6.07) is 16.5. The Morgan fingerprint density at radius 1 is 1.05 bits per heavy atom. The number of benzene rings is 2. The van der Waals surface area contributed by atoms with Gasteiger partial charge < -0.3 is 31.9 Å². The van der Waals surface area contributed by atoms with Crippen LogP contribution >= 0.6 is 0 Å². The molecule has 7 N–H and O–H groups in total. The van der Waals surface area contributed by atoms with Crippen molar-refractivity contribution in [3.8, 4) is 0 Å². The van der Waals surface area contributed by atoms with Gasteiger partial charge in [-0.2, -0.15) is 5.10 Å². The molecule has 2 heterocycles. The molecule has 0 fully saturated rings. The second-order valence-corrected chi connectivity index (χ2v) is 9.29. The fourth-order valence-electron chi connectivity index (χ4n) is 3.93. The van der Waals surface area contributed by atoms with Gasteiger partial charge in [-0.25, -0.2) is 19.1 Å². The zero-order valence-corrected chi connectivity index (χ0v) is 23.0. The zero-order valence-electron chi connectivity index (χ0n) is 23.0. The van der Waals surface area contributed by atoms with E-state index in [1.165, 1.54) is 19.4 Å². The first-order chi connectivity index (χ1) is 20.5. The zero-order chi connectivity index (χ0) is 31.3. The smallest absolute Gasteiger partial charge is 0.354 e. The number of nitrogens with two attached hydrogens (primary N) is 2. The summed E-state index contributed by atoms with van der Waals surface area (Å²) in [5, 5.41) is 18.6. The third-order valence-corrected chi connectivity index (χ3v) is 6.27. The summed E-state index contributed by atoms with van der Waals surface area (Å²) in [6.45, 7) is 2.01. The highest BCUT2D eigenvalue weighted by Gasteiger charge is 2.19. The molecule has 0 bridgehead atoms. The molecule has 14 nitrogen and oxygen atoms in total. The maximum absolute atomic E-state index is 12.5. The summed E-state index contributed by atoms with van der Waals surface area (Å²) in [5.41, 5.74) is 12.4. The number of nitrogens with zero attached hydrogens (tertiary/aromatic N) is 3. The molecule has 0 spiro atoms. The van der Waals surface area contributed by atoms with E-state index in [2.05, 4.69) is 25.5 Å². The molecule has 1 amide bonds. The van der Waals surface area contributed by atoms with Crippen molar-refractivity contribution in [3.05, 3.63) is 115 Å². The van der Waals surface area contributed by atoms with Gasteiger partial charge in [0.25, 0.3) is 16.8 Å². The van der Waals surface area contributed by atoms with Crippen molar-refractivity contribution in [2.45, 2.75) is 26.9 Å². The first kappa shape index (κ1) is 32.6. The van der Waals surface area contributed by atoms with Crippen LogP contribution in [0.1, 0.15) is 62.9 Å². The van der Waals surface area contributed by atoms with Crippen LogP contribution in [0, 0.1) is 0 Å². The number of aromatic carboxylic acids is 1. The largest absolute Gasteiger partial charge is 0.477 e. The molecule has 5 aromatic rings. The molecule has 0 radical (unpaired) electrons. The summed E-state index contributed by atoms with van der Waals surface area (Å²) in [7, 11) is 1.36. The Morgan fingerprint density at radius 2 is 1.75 bits per heavy atom. The fraction of sp³-hybridized carbons (Fsp3) is 0.167. The SMILES string of the molecule is C.COC(=O)c1ccc([C@@H](C)N)cc1.Nc1c(Nc2cccc(CNC(=O)c3cc(C(=O)O)n4nccc4n3)c2)c(=O)c1=O. The molecule has 5 rings (SSSR count). The van der Waals surface area contributed by atoms with Crippen LogP contribution in [-0.2, 0) is 11.3 Å². The lowest BCUT2D eigenvalue weighted by atomic mass is 10.1. The lowest BCUT2D eigenvalue weighted by Crippen LogP contribution is -2.36. The molecule has 0 unspecified atom stereocenters. The quantitative estimate of drug-likeness (QED) is 0.128. The number of hydrogen-bond donors (Lipinski definition) is 5. The average Bonchev–Trinajstić information content (AvgIpc) is 3.50. The topological polar surface area (TPSA) is 221 Å². The number of methoxy groups -OCH3 is 1. The summed E-state index contributed by atoms with van der Waals surface area (Å²) < 4.78 is 5.69. The average molecular weight is 602 g/mol. The maximum Gasteiger partial charge on any atom is 0.354 e. The van der Waals surface area contributed by atoms with Crippen LogP contribution in [0.3, 0.4) is 0 Å². The van der Waals surface area contributed by atoms with Crippen LogP contribution in [0.5, 0.6) is 0 Å². The van der Waals surface area contributed by atoms with E-state index < -0.39 is 22.7 Å². The van der Waals surface area contributed by atoms with Crippen LogP contribution in [0.25, 0.3) is 5.65 Å². The summed E-state index contributed by atoms with van der Waals surface area (Å²) in [5.74, 6) is -2.13. The van der Waals surface area contributed by atoms with Crippen molar-refractivity contribution >= 4 is 40.6 Å². The van der Waals surface area contributed by atoms with Gasteiger partial charge in [0.15, 0.2) is 11.3 Å². The van der Waals surface area contributed by atoms with E-state index in [0.717, 1.165) is 16.1 Å². The van der Waals surface area contributed by atoms with Gasteiger partial charge in [0.05, 0.1) is 18.9 Å². The molecule has 0 aliphatic heterocycles. The first-order valence-electron chi connectivity index (χ1n) is 12.7. The van der Waals surface area contributed by atoms with E-state index in [0.29, 0.717) is 16.8 Å². The lowest BCUT2D eigenvalue weighted by Gasteiger charge is -2.11. The van der Waals surface area contributed by atoms with Crippen molar-refractivity contribution in [1.29, 1.82) is 0 Å². The Balaban J connectivity index is 0.000000319. The van der Waals surface area contributed by atoms with E-state index in [1.807, 2.05) is 19.1 Å². The monoisotopic (exact) mass is 601 g/mol. The number of amides is 1. The number of hydrogen-bond acceptors (Lipinski definition) is 11. The molecular formula is C30H31N7O7. The number of carboxylic acids is 1. The van der Waals surface area contributed by atoms with E-state index in [-0.39, 0.29) is 54.4 Å². The molecular weight excluding hydrogens is 570 g/mol. The number of nitrogen functional groups attached to an aromatic ring is 1. The number of anilines is 3. The predicted molar refractivity (Wildman–Crippen MR) is 164 cm³/mol. The minimum atomic E-state index is -1.24. The summed E-state index contributed by atoms with van der Waals surface area (Å²) in [6.07, 6.45) is 1.39. The highest BCUT2D eigenvalue weighted by Crippen LogP contribution is 2.19. The fourth-order valence-corrected chi connectivity index (χ4v) is 3.93. The highest BCUT2D eigenvalue weighted by atomic mass is 16.5. The maximum atomic E-state index is 12.5. The number of carbonyl (C=O) groups excluding carboxylic acids is 2. The van der Waals surface area contributed by atoms with E-state index in [4.69, 9.17) is 11.5 Å². The molecule has 1 atom stereocenters. The van der Waals surface area contributed by atoms with Gasteiger partial charge in [0.1, 0.15) is 17.1 Å².